The predicted octanol–water partition coefficient (Wildman–Crippen LogP) is 1.34. The van der Waals surface area contributed by atoms with Gasteiger partial charge in [0.15, 0.2) is 0 Å². The van der Waals surface area contributed by atoms with Crippen molar-refractivity contribution in [3.63, 3.8) is 0 Å². The van der Waals surface area contributed by atoms with Crippen molar-refractivity contribution < 1.29 is 9.53 Å². The summed E-state index contributed by atoms with van der Waals surface area (Å²) in [6.07, 6.45) is 4.85. The van der Waals surface area contributed by atoms with Gasteiger partial charge in [0.1, 0.15) is 0 Å². The second-order valence-corrected chi connectivity index (χ2v) is 3.56. The fraction of sp³-hybridized carbons (Fsp3) is 0.625. The van der Waals surface area contributed by atoms with Crippen LogP contribution in [0.25, 0.3) is 0 Å². The molecule has 1 saturated heterocycles. The van der Waals surface area contributed by atoms with Crippen molar-refractivity contribution >= 4 is 17.6 Å². The summed E-state index contributed by atoms with van der Waals surface area (Å²) in [7, 11) is 0. The molecular formula is C8H9ClO2. The third-order valence-corrected chi connectivity index (χ3v) is 2.74. The Labute approximate surface area is 70.2 Å². The van der Waals surface area contributed by atoms with Gasteiger partial charge in [-0.15, -0.1) is 11.6 Å². The van der Waals surface area contributed by atoms with Crippen LogP contribution in [-0.4, -0.2) is 18.0 Å². The normalized spacial score (nSPS) is 41.9. The first-order chi connectivity index (χ1) is 5.29. The Hall–Kier alpha value is -0.500. The number of hydrogen-bond donors (Lipinski definition) is 0. The molecule has 1 aliphatic carbocycles. The Morgan fingerprint density at radius 3 is 3.18 bits per heavy atom. The first-order valence-corrected chi connectivity index (χ1v) is 4.20. The summed E-state index contributed by atoms with van der Waals surface area (Å²) in [5.74, 6) is 0.0276. The third-order valence-electron chi connectivity index (χ3n) is 2.29. The van der Waals surface area contributed by atoms with E-state index < -0.39 is 0 Å². The number of cyclic esters (lactones) is 1. The van der Waals surface area contributed by atoms with E-state index in [9.17, 15) is 4.79 Å². The Morgan fingerprint density at radius 1 is 1.64 bits per heavy atom. The van der Waals surface area contributed by atoms with E-state index in [1.54, 1.807) is 0 Å². The number of esters is 1. The van der Waals surface area contributed by atoms with Crippen LogP contribution in [0.4, 0.5) is 0 Å². The molecular weight excluding hydrogens is 164 g/mol. The summed E-state index contributed by atoms with van der Waals surface area (Å²) in [5, 5.41) is -0.0556. The zero-order chi connectivity index (χ0) is 7.84. The molecule has 0 saturated carbocycles. The molecule has 3 heteroatoms. The minimum atomic E-state index is -0.126. The molecule has 0 aromatic rings. The number of alkyl halides is 1. The maximum atomic E-state index is 11.1. The van der Waals surface area contributed by atoms with Crippen molar-refractivity contribution in [2.24, 2.45) is 11.8 Å². The zero-order valence-electron chi connectivity index (χ0n) is 6.00. The summed E-state index contributed by atoms with van der Waals surface area (Å²) < 4.78 is 4.90. The lowest BCUT2D eigenvalue weighted by atomic mass is 9.86. The maximum absolute atomic E-state index is 11.1. The molecule has 0 bridgehead atoms. The van der Waals surface area contributed by atoms with Gasteiger partial charge in [-0.05, 0) is 6.42 Å². The molecule has 2 aliphatic rings. The Bertz CT molecular complexity index is 212. The van der Waals surface area contributed by atoms with Gasteiger partial charge in [-0.25, -0.2) is 0 Å². The molecule has 2 nitrogen and oxygen atoms in total. The number of carbonyl (C=O) groups excluding carboxylic acids is 1. The van der Waals surface area contributed by atoms with E-state index in [2.05, 4.69) is 0 Å². The van der Waals surface area contributed by atoms with E-state index in [1.807, 2.05) is 12.2 Å². The van der Waals surface area contributed by atoms with Crippen LogP contribution in [-0.2, 0) is 9.53 Å². The highest BCUT2D eigenvalue weighted by Crippen LogP contribution is 2.34. The molecule has 0 aromatic heterocycles. The monoisotopic (exact) mass is 172 g/mol. The summed E-state index contributed by atoms with van der Waals surface area (Å²) in [6, 6.07) is 0. The maximum Gasteiger partial charge on any atom is 0.311 e. The highest BCUT2D eigenvalue weighted by molar-refractivity contribution is 6.22. The highest BCUT2D eigenvalue weighted by atomic mass is 35.5. The molecule has 60 valence electrons. The average molecular weight is 173 g/mol. The van der Waals surface area contributed by atoms with Crippen molar-refractivity contribution in [1.82, 2.24) is 0 Å². The van der Waals surface area contributed by atoms with E-state index >= 15 is 0 Å². The smallest absolute Gasteiger partial charge is 0.311 e. The number of rotatable bonds is 0. The second kappa shape index (κ2) is 2.52. The number of carbonyl (C=O) groups is 1. The van der Waals surface area contributed by atoms with Gasteiger partial charge in [-0.2, -0.15) is 0 Å². The summed E-state index contributed by atoms with van der Waals surface area (Å²) in [6.45, 7) is 0.517. The lowest BCUT2D eigenvalue weighted by Crippen LogP contribution is -2.27. The van der Waals surface area contributed by atoms with Crippen molar-refractivity contribution in [2.75, 3.05) is 6.61 Å². The Kier molecular flexibility index (Phi) is 1.64. The van der Waals surface area contributed by atoms with E-state index in [0.717, 1.165) is 6.42 Å². The van der Waals surface area contributed by atoms with E-state index in [1.165, 1.54) is 0 Å². The minimum Gasteiger partial charge on any atom is -0.465 e. The van der Waals surface area contributed by atoms with Gasteiger partial charge in [-0.1, -0.05) is 12.2 Å². The highest BCUT2D eigenvalue weighted by Gasteiger charge is 2.41. The lowest BCUT2D eigenvalue weighted by molar-refractivity contribution is -0.141. The molecule has 1 fully saturated rings. The van der Waals surface area contributed by atoms with Crippen molar-refractivity contribution in [2.45, 2.75) is 11.8 Å². The molecule has 0 unspecified atom stereocenters. The number of hydrogen-bond acceptors (Lipinski definition) is 2. The SMILES string of the molecule is O=C1OC[C@H]2C=CC[C@H](Cl)[C@@H]12. The molecule has 0 amide bonds. The van der Waals surface area contributed by atoms with Crippen LogP contribution in [0, 0.1) is 11.8 Å². The number of fused-ring (bicyclic) bond motifs is 1. The molecule has 0 radical (unpaired) electrons. The molecule has 0 spiro atoms. The second-order valence-electron chi connectivity index (χ2n) is 3.00. The number of ether oxygens (including phenoxy) is 1. The predicted molar refractivity (Wildman–Crippen MR) is 41.3 cm³/mol. The first-order valence-electron chi connectivity index (χ1n) is 3.76. The first kappa shape index (κ1) is 7.17. The fourth-order valence-corrected chi connectivity index (χ4v) is 2.07. The standard InChI is InChI=1S/C8H9ClO2/c9-6-3-1-2-5-4-11-8(10)7(5)6/h1-2,5-7H,3-4H2/t5-,6+,7+/m1/s1. The zero-order valence-corrected chi connectivity index (χ0v) is 6.75. The van der Waals surface area contributed by atoms with Crippen molar-refractivity contribution in [3.05, 3.63) is 12.2 Å². The van der Waals surface area contributed by atoms with Crippen molar-refractivity contribution in [1.29, 1.82) is 0 Å². The average Bonchev–Trinajstić information content (AvgIpc) is 2.34. The van der Waals surface area contributed by atoms with Crippen LogP contribution >= 0.6 is 11.6 Å². The van der Waals surface area contributed by atoms with Gasteiger partial charge in [0.25, 0.3) is 0 Å². The van der Waals surface area contributed by atoms with Crippen molar-refractivity contribution in [3.8, 4) is 0 Å². The third kappa shape index (κ3) is 1.06. The van der Waals surface area contributed by atoms with Crippen LogP contribution in [0.1, 0.15) is 6.42 Å². The van der Waals surface area contributed by atoms with Gasteiger partial charge in [0, 0.05) is 5.92 Å². The van der Waals surface area contributed by atoms with Gasteiger partial charge < -0.3 is 4.74 Å². The summed E-state index contributed by atoms with van der Waals surface area (Å²) >= 11 is 5.96. The summed E-state index contributed by atoms with van der Waals surface area (Å²) in [5.41, 5.74) is 0. The van der Waals surface area contributed by atoms with Crippen LogP contribution in [0.15, 0.2) is 12.2 Å². The Morgan fingerprint density at radius 2 is 2.45 bits per heavy atom. The van der Waals surface area contributed by atoms with Crippen LogP contribution in [0.5, 0.6) is 0 Å². The molecule has 11 heavy (non-hydrogen) atoms. The van der Waals surface area contributed by atoms with Crippen LogP contribution in [0.2, 0.25) is 0 Å². The molecule has 0 N–H and O–H groups in total. The van der Waals surface area contributed by atoms with Crippen LogP contribution in [0.3, 0.4) is 0 Å². The largest absolute Gasteiger partial charge is 0.465 e. The lowest BCUT2D eigenvalue weighted by Gasteiger charge is -2.20. The minimum absolute atomic E-state index is 0.0556. The van der Waals surface area contributed by atoms with Gasteiger partial charge in [0.05, 0.1) is 17.9 Å². The van der Waals surface area contributed by atoms with Crippen LogP contribution < -0.4 is 0 Å². The van der Waals surface area contributed by atoms with E-state index in [4.69, 9.17) is 16.3 Å². The fourth-order valence-electron chi connectivity index (χ4n) is 1.67. The van der Waals surface area contributed by atoms with Gasteiger partial charge in [0.2, 0.25) is 0 Å². The van der Waals surface area contributed by atoms with E-state index in [-0.39, 0.29) is 23.2 Å². The Balaban J connectivity index is 2.24. The summed E-state index contributed by atoms with van der Waals surface area (Å²) in [4.78, 5) is 11.1. The quantitative estimate of drug-likeness (QED) is 0.313. The van der Waals surface area contributed by atoms with Gasteiger partial charge in [-0.3, -0.25) is 4.79 Å². The molecule has 1 heterocycles. The molecule has 3 atom stereocenters. The van der Waals surface area contributed by atoms with Gasteiger partial charge >= 0.3 is 5.97 Å². The topological polar surface area (TPSA) is 26.3 Å². The number of halogens is 1. The molecule has 0 aromatic carbocycles. The molecule has 1 aliphatic heterocycles. The van der Waals surface area contributed by atoms with E-state index in [0.29, 0.717) is 6.61 Å². The number of allylic oxidation sites excluding steroid dienone is 1. The molecule has 2 rings (SSSR count).